The third-order valence-corrected chi connectivity index (χ3v) is 8.93. The topological polar surface area (TPSA) is 71.9 Å². The first kappa shape index (κ1) is 28.2. The van der Waals surface area contributed by atoms with Gasteiger partial charge in [0.05, 0.1) is 20.3 Å². The molecule has 0 aliphatic heterocycles. The fraction of sp³-hybridized carbons (Fsp3) is 0.471. The maximum atomic E-state index is 14.0. The second-order valence-corrected chi connectivity index (χ2v) is 11.5. The van der Waals surface area contributed by atoms with E-state index in [2.05, 4.69) is 48.3 Å². The average Bonchev–Trinajstić information content (AvgIpc) is 3.00. The summed E-state index contributed by atoms with van der Waals surface area (Å²) < 4.78 is 10.7. The van der Waals surface area contributed by atoms with Gasteiger partial charge in [0.1, 0.15) is 5.75 Å². The van der Waals surface area contributed by atoms with E-state index >= 15 is 0 Å². The Labute approximate surface area is 238 Å². The minimum absolute atomic E-state index is 0.0340. The number of nitrogens with zero attached hydrogens (tertiary/aromatic N) is 2. The number of carbonyl (C=O) groups is 1. The molecule has 212 valence electrons. The maximum Gasteiger partial charge on any atom is 0.230 e. The Bertz CT molecular complexity index is 1280. The van der Waals surface area contributed by atoms with E-state index in [0.717, 1.165) is 67.6 Å². The first-order valence-electron chi connectivity index (χ1n) is 14.7. The van der Waals surface area contributed by atoms with Crippen LogP contribution in [0.3, 0.4) is 0 Å². The van der Waals surface area contributed by atoms with Crippen molar-refractivity contribution in [3.63, 3.8) is 0 Å². The predicted octanol–water partition coefficient (Wildman–Crippen LogP) is 6.93. The molecule has 0 saturated heterocycles. The highest BCUT2D eigenvalue weighted by atomic mass is 16.5. The molecule has 2 fully saturated rings. The van der Waals surface area contributed by atoms with E-state index in [9.17, 15) is 9.90 Å². The van der Waals surface area contributed by atoms with Crippen molar-refractivity contribution >= 4 is 11.6 Å². The zero-order valence-electron chi connectivity index (χ0n) is 24.0. The lowest BCUT2D eigenvalue weighted by molar-refractivity contribution is -0.124. The Morgan fingerprint density at radius 1 is 0.900 bits per heavy atom. The Morgan fingerprint density at radius 3 is 2.33 bits per heavy atom. The molecule has 3 aromatic rings. The Hall–Kier alpha value is -3.38. The number of methoxy groups -OCH3 is 2. The molecule has 0 radical (unpaired) electrons. The summed E-state index contributed by atoms with van der Waals surface area (Å²) in [6.07, 6.45) is 8.91. The summed E-state index contributed by atoms with van der Waals surface area (Å²) >= 11 is 0. The molecule has 0 unspecified atom stereocenters. The molecule has 1 heterocycles. The predicted molar refractivity (Wildman–Crippen MR) is 159 cm³/mol. The SMILES string of the molecule is COc1ccc(-c2cccc(N(CC3CCC(c4ccc(OC)c(C)c4)CC3)C(=O)C3CCC(O)CC3)c2)cn1. The quantitative estimate of drug-likeness (QED) is 0.334. The first-order valence-corrected chi connectivity index (χ1v) is 14.7. The lowest BCUT2D eigenvalue weighted by atomic mass is 9.78. The molecule has 1 amide bonds. The van der Waals surface area contributed by atoms with Gasteiger partial charge in [-0.05, 0) is 111 Å². The van der Waals surface area contributed by atoms with Gasteiger partial charge in [0.15, 0.2) is 0 Å². The van der Waals surface area contributed by atoms with Crippen molar-refractivity contribution in [2.45, 2.75) is 70.3 Å². The molecule has 6 heteroatoms. The number of aliphatic hydroxyl groups is 1. The van der Waals surface area contributed by atoms with Gasteiger partial charge in [-0.1, -0.05) is 24.3 Å². The number of ether oxygens (including phenoxy) is 2. The molecule has 2 saturated carbocycles. The van der Waals surface area contributed by atoms with Crippen LogP contribution in [-0.2, 0) is 4.79 Å². The number of aliphatic hydroxyl groups excluding tert-OH is 1. The number of carbonyl (C=O) groups excluding carboxylic acids is 1. The number of amides is 1. The van der Waals surface area contributed by atoms with Crippen LogP contribution >= 0.6 is 0 Å². The summed E-state index contributed by atoms with van der Waals surface area (Å²) in [5.74, 6) is 2.69. The van der Waals surface area contributed by atoms with E-state index in [-0.39, 0.29) is 17.9 Å². The minimum atomic E-state index is -0.278. The number of aromatic nitrogens is 1. The van der Waals surface area contributed by atoms with Crippen molar-refractivity contribution in [2.24, 2.45) is 11.8 Å². The average molecular weight is 543 g/mol. The molecule has 0 spiro atoms. The third kappa shape index (κ3) is 6.49. The largest absolute Gasteiger partial charge is 0.496 e. The van der Waals surface area contributed by atoms with E-state index in [1.807, 2.05) is 29.3 Å². The summed E-state index contributed by atoms with van der Waals surface area (Å²) in [5.41, 5.74) is 5.54. The highest BCUT2D eigenvalue weighted by Crippen LogP contribution is 2.39. The number of pyridine rings is 1. The highest BCUT2D eigenvalue weighted by Gasteiger charge is 2.32. The fourth-order valence-corrected chi connectivity index (χ4v) is 6.48. The van der Waals surface area contributed by atoms with Crippen LogP contribution in [0.15, 0.2) is 60.8 Å². The standard InChI is InChI=1S/C34H42N2O4/c1-23-19-28(13-17-32(23)39-2)25-9-7-24(8-10-25)22-36(34(38)26-11-15-31(37)16-12-26)30-6-4-5-27(20-30)29-14-18-33(40-3)35-21-29/h4-6,13-14,17-21,24-26,31,37H,7-12,15-16,22H2,1-3H3. The first-order chi connectivity index (χ1) is 19.4. The van der Waals surface area contributed by atoms with Crippen LogP contribution in [-0.4, -0.2) is 42.9 Å². The van der Waals surface area contributed by atoms with E-state index < -0.39 is 0 Å². The number of benzene rings is 2. The normalized spacial score (nSPS) is 22.9. The zero-order valence-corrected chi connectivity index (χ0v) is 24.0. The van der Waals surface area contributed by atoms with Crippen molar-refractivity contribution < 1.29 is 19.4 Å². The lowest BCUT2D eigenvalue weighted by Gasteiger charge is -2.36. The highest BCUT2D eigenvalue weighted by molar-refractivity contribution is 5.95. The summed E-state index contributed by atoms with van der Waals surface area (Å²) in [6.45, 7) is 2.84. The van der Waals surface area contributed by atoms with Crippen molar-refractivity contribution in [1.29, 1.82) is 0 Å². The van der Waals surface area contributed by atoms with Gasteiger partial charge in [-0.25, -0.2) is 4.98 Å². The lowest BCUT2D eigenvalue weighted by Crippen LogP contribution is -2.41. The number of hydrogen-bond donors (Lipinski definition) is 1. The Morgan fingerprint density at radius 2 is 1.68 bits per heavy atom. The summed E-state index contributed by atoms with van der Waals surface area (Å²) in [5, 5.41) is 10.0. The van der Waals surface area contributed by atoms with Gasteiger partial charge in [-0.2, -0.15) is 0 Å². The van der Waals surface area contributed by atoms with Gasteiger partial charge < -0.3 is 19.5 Å². The van der Waals surface area contributed by atoms with Gasteiger partial charge in [-0.15, -0.1) is 0 Å². The monoisotopic (exact) mass is 542 g/mol. The van der Waals surface area contributed by atoms with Gasteiger partial charge in [0, 0.05) is 36.0 Å². The van der Waals surface area contributed by atoms with Crippen molar-refractivity contribution in [1.82, 2.24) is 4.98 Å². The molecular formula is C34H42N2O4. The number of anilines is 1. The van der Waals surface area contributed by atoms with Gasteiger partial charge >= 0.3 is 0 Å². The molecule has 6 nitrogen and oxygen atoms in total. The Kier molecular flexibility index (Phi) is 9.05. The number of aryl methyl sites for hydroxylation is 1. The number of rotatable bonds is 8. The molecule has 40 heavy (non-hydrogen) atoms. The van der Waals surface area contributed by atoms with Crippen LogP contribution in [0.4, 0.5) is 5.69 Å². The molecule has 0 bridgehead atoms. The van der Waals surface area contributed by atoms with Crippen LogP contribution in [0.5, 0.6) is 11.6 Å². The van der Waals surface area contributed by atoms with Crippen molar-refractivity contribution in [3.8, 4) is 22.8 Å². The third-order valence-electron chi connectivity index (χ3n) is 8.93. The van der Waals surface area contributed by atoms with Crippen LogP contribution in [0.25, 0.3) is 11.1 Å². The van der Waals surface area contributed by atoms with Crippen LogP contribution in [0, 0.1) is 18.8 Å². The van der Waals surface area contributed by atoms with Crippen molar-refractivity contribution in [2.75, 3.05) is 25.7 Å². The second-order valence-electron chi connectivity index (χ2n) is 11.5. The van der Waals surface area contributed by atoms with Gasteiger partial charge in [-0.3, -0.25) is 4.79 Å². The smallest absolute Gasteiger partial charge is 0.230 e. The maximum absolute atomic E-state index is 14.0. The molecule has 0 atom stereocenters. The molecule has 2 aliphatic carbocycles. The molecular weight excluding hydrogens is 500 g/mol. The Balaban J connectivity index is 1.33. The second kappa shape index (κ2) is 12.9. The van der Waals surface area contributed by atoms with Gasteiger partial charge in [0.2, 0.25) is 11.8 Å². The molecule has 5 rings (SSSR count). The summed E-state index contributed by atoms with van der Waals surface area (Å²) in [7, 11) is 3.33. The van der Waals surface area contributed by atoms with Crippen LogP contribution < -0.4 is 14.4 Å². The van der Waals surface area contributed by atoms with Crippen LogP contribution in [0.1, 0.15) is 68.4 Å². The summed E-state index contributed by atoms with van der Waals surface area (Å²) in [4.78, 5) is 20.4. The molecule has 1 aromatic heterocycles. The zero-order chi connectivity index (χ0) is 28.1. The van der Waals surface area contributed by atoms with Crippen LogP contribution in [0.2, 0.25) is 0 Å². The van der Waals surface area contributed by atoms with E-state index in [0.29, 0.717) is 30.6 Å². The van der Waals surface area contributed by atoms with Gasteiger partial charge in [0.25, 0.3) is 0 Å². The minimum Gasteiger partial charge on any atom is -0.496 e. The molecule has 2 aromatic carbocycles. The molecule has 1 N–H and O–H groups in total. The van der Waals surface area contributed by atoms with Crippen molar-refractivity contribution in [3.05, 3.63) is 71.9 Å². The van der Waals surface area contributed by atoms with E-state index in [1.54, 1.807) is 14.2 Å². The molecule has 2 aliphatic rings. The fourth-order valence-electron chi connectivity index (χ4n) is 6.48. The van der Waals surface area contributed by atoms with E-state index in [4.69, 9.17) is 9.47 Å². The summed E-state index contributed by atoms with van der Waals surface area (Å²) in [6, 6.07) is 18.7. The number of hydrogen-bond acceptors (Lipinski definition) is 5. The van der Waals surface area contributed by atoms with E-state index in [1.165, 1.54) is 11.1 Å².